The van der Waals surface area contributed by atoms with E-state index in [9.17, 15) is 9.90 Å². The van der Waals surface area contributed by atoms with E-state index in [1.165, 1.54) is 64.4 Å². The normalized spacial score (nSPS) is 15.5. The molecular formula is C44H58IrNO2-. The van der Waals surface area contributed by atoms with Gasteiger partial charge in [0.1, 0.15) is 5.76 Å². The second kappa shape index (κ2) is 16.3. The number of fused-ring (bicyclic) bond motifs is 3. The second-order valence-corrected chi connectivity index (χ2v) is 15.4. The summed E-state index contributed by atoms with van der Waals surface area (Å²) < 4.78 is 0. The predicted octanol–water partition coefficient (Wildman–Crippen LogP) is 12.8. The molecule has 1 radical (unpaired) electrons. The summed E-state index contributed by atoms with van der Waals surface area (Å²) in [6.45, 7) is 21.1. The third-order valence-corrected chi connectivity index (χ3v) is 11.6. The number of ketones is 1. The van der Waals surface area contributed by atoms with Crippen LogP contribution in [0.2, 0.25) is 0 Å². The number of aromatic nitrogens is 1. The van der Waals surface area contributed by atoms with Gasteiger partial charge in [-0.1, -0.05) is 99.6 Å². The number of hydrogen-bond acceptors (Lipinski definition) is 3. The van der Waals surface area contributed by atoms with E-state index < -0.39 is 0 Å². The van der Waals surface area contributed by atoms with Crippen LogP contribution in [0, 0.1) is 36.2 Å². The number of nitrogens with zero attached hydrogens (tertiary/aromatic N) is 1. The Morgan fingerprint density at radius 3 is 2.06 bits per heavy atom. The van der Waals surface area contributed by atoms with Crippen LogP contribution in [0.4, 0.5) is 0 Å². The van der Waals surface area contributed by atoms with Crippen molar-refractivity contribution in [3.05, 3.63) is 89.3 Å². The maximum absolute atomic E-state index is 12.2. The van der Waals surface area contributed by atoms with Crippen molar-refractivity contribution in [2.45, 2.75) is 127 Å². The van der Waals surface area contributed by atoms with Crippen molar-refractivity contribution in [3.63, 3.8) is 0 Å². The van der Waals surface area contributed by atoms with Crippen molar-refractivity contribution in [2.24, 2.45) is 16.2 Å². The molecular weight excluding hydrogens is 767 g/mol. The van der Waals surface area contributed by atoms with Crippen LogP contribution < -0.4 is 0 Å². The van der Waals surface area contributed by atoms with Crippen molar-refractivity contribution in [1.29, 1.82) is 0 Å². The van der Waals surface area contributed by atoms with Gasteiger partial charge in [0, 0.05) is 43.2 Å². The molecule has 0 unspecified atom stereocenters. The molecule has 48 heavy (non-hydrogen) atoms. The first-order chi connectivity index (χ1) is 22.2. The Morgan fingerprint density at radius 1 is 0.875 bits per heavy atom. The van der Waals surface area contributed by atoms with E-state index in [-0.39, 0.29) is 42.5 Å². The summed E-state index contributed by atoms with van der Waals surface area (Å²) in [4.78, 5) is 16.9. The Bertz CT molecular complexity index is 1710. The molecule has 4 heteroatoms. The van der Waals surface area contributed by atoms with Gasteiger partial charge >= 0.3 is 0 Å². The van der Waals surface area contributed by atoms with Gasteiger partial charge in [-0.25, -0.2) is 0 Å². The number of benzene rings is 3. The minimum atomic E-state index is -0.337. The van der Waals surface area contributed by atoms with Crippen LogP contribution in [0.3, 0.4) is 0 Å². The molecule has 0 saturated heterocycles. The third-order valence-electron chi connectivity index (χ3n) is 11.6. The van der Waals surface area contributed by atoms with E-state index in [0.717, 1.165) is 42.5 Å². The minimum absolute atomic E-state index is 0. The zero-order valence-corrected chi connectivity index (χ0v) is 33.5. The molecule has 1 heterocycles. The molecule has 0 amide bonds. The number of allylic oxidation sites excluding steroid dienone is 2. The Labute approximate surface area is 304 Å². The average Bonchev–Trinajstić information content (AvgIpc) is 3.06. The number of carbonyl (C=O) groups is 1. The minimum Gasteiger partial charge on any atom is -0.512 e. The fourth-order valence-corrected chi connectivity index (χ4v) is 6.92. The summed E-state index contributed by atoms with van der Waals surface area (Å²) >= 11 is 0. The molecule has 1 saturated carbocycles. The van der Waals surface area contributed by atoms with Gasteiger partial charge in [0.25, 0.3) is 0 Å². The van der Waals surface area contributed by atoms with Crippen LogP contribution in [0.15, 0.2) is 66.6 Å². The van der Waals surface area contributed by atoms with Crippen LogP contribution in [-0.2, 0) is 24.9 Å². The Balaban J connectivity index is 0.000000301. The number of hydrogen-bond donors (Lipinski definition) is 1. The number of carbonyl (C=O) groups excluding carboxylic acids is 1. The summed E-state index contributed by atoms with van der Waals surface area (Å²) in [5.74, 6) is 0.991. The number of aliphatic hydroxyl groups is 1. The van der Waals surface area contributed by atoms with Crippen LogP contribution in [0.25, 0.3) is 32.8 Å². The zero-order valence-electron chi connectivity index (χ0n) is 31.1. The molecule has 0 aliphatic heterocycles. The Morgan fingerprint density at radius 2 is 1.48 bits per heavy atom. The molecule has 261 valence electrons. The van der Waals surface area contributed by atoms with Gasteiger partial charge in [-0.2, -0.15) is 0 Å². The fraction of sp³-hybridized carbons (Fsp3) is 0.500. The van der Waals surface area contributed by atoms with E-state index in [0.29, 0.717) is 11.3 Å². The first kappa shape index (κ1) is 39.6. The van der Waals surface area contributed by atoms with Crippen LogP contribution in [-0.4, -0.2) is 15.9 Å². The van der Waals surface area contributed by atoms with E-state index >= 15 is 0 Å². The summed E-state index contributed by atoms with van der Waals surface area (Å²) in [5, 5.41) is 15.3. The maximum Gasteiger partial charge on any atom is 0.164 e. The molecule has 5 rings (SSSR count). The number of rotatable bonds is 9. The molecule has 0 atom stereocenters. The third kappa shape index (κ3) is 8.85. The summed E-state index contributed by atoms with van der Waals surface area (Å²) in [6.07, 6.45) is 12.0. The number of aryl methyl sites for hydroxylation is 2. The molecule has 0 bridgehead atoms. The van der Waals surface area contributed by atoms with Gasteiger partial charge in [-0.3, -0.25) is 4.79 Å². The van der Waals surface area contributed by atoms with Gasteiger partial charge in [0.2, 0.25) is 0 Å². The van der Waals surface area contributed by atoms with E-state index in [4.69, 9.17) is 4.98 Å². The van der Waals surface area contributed by atoms with Gasteiger partial charge in [0.05, 0.1) is 0 Å². The molecule has 3 aromatic carbocycles. The molecule has 1 aliphatic carbocycles. The quantitative estimate of drug-likeness (QED) is 0.0792. The van der Waals surface area contributed by atoms with Crippen molar-refractivity contribution < 1.29 is 30.0 Å². The average molecular weight is 825 g/mol. The Kier molecular flexibility index (Phi) is 13.4. The molecule has 1 aliphatic rings. The summed E-state index contributed by atoms with van der Waals surface area (Å²) in [5.41, 5.74) is 5.94. The van der Waals surface area contributed by atoms with E-state index in [2.05, 4.69) is 82.3 Å². The van der Waals surface area contributed by atoms with Crippen LogP contribution >= 0.6 is 0 Å². The molecule has 0 spiro atoms. The number of aliphatic hydroxyl groups excluding tert-OH is 1. The summed E-state index contributed by atoms with van der Waals surface area (Å²) in [6, 6.07) is 21.7. The largest absolute Gasteiger partial charge is 0.512 e. The molecule has 1 fully saturated rings. The van der Waals surface area contributed by atoms with Crippen LogP contribution in [0.5, 0.6) is 0 Å². The van der Waals surface area contributed by atoms with E-state index in [1.54, 1.807) is 0 Å². The SMILES string of the molecule is CCC(C)(CC)C(=O)/C=C(\O)C(C)(CC)CC.Cc1[c-]c(-c2nccc3c2ccc2cc(C4CCC(C)(C)CC4)ccc23)cc(C)c1.[Ir]. The predicted molar refractivity (Wildman–Crippen MR) is 201 cm³/mol. The first-order valence-electron chi connectivity index (χ1n) is 18.0. The van der Waals surface area contributed by atoms with Crippen molar-refractivity contribution in [3.8, 4) is 11.3 Å². The van der Waals surface area contributed by atoms with Crippen molar-refractivity contribution in [1.82, 2.24) is 4.98 Å². The summed E-state index contributed by atoms with van der Waals surface area (Å²) in [7, 11) is 0. The van der Waals surface area contributed by atoms with Crippen molar-refractivity contribution >= 4 is 27.3 Å². The molecule has 4 aromatic rings. The van der Waals surface area contributed by atoms with Gasteiger partial charge in [0.15, 0.2) is 5.78 Å². The second-order valence-electron chi connectivity index (χ2n) is 15.4. The first-order valence-corrected chi connectivity index (χ1v) is 18.0. The molecule has 1 N–H and O–H groups in total. The monoisotopic (exact) mass is 825 g/mol. The van der Waals surface area contributed by atoms with Gasteiger partial charge in [-0.05, 0) is 102 Å². The zero-order chi connectivity index (χ0) is 34.6. The Hall–Kier alpha value is -2.81. The van der Waals surface area contributed by atoms with Crippen molar-refractivity contribution in [2.75, 3.05) is 0 Å². The molecule has 1 aromatic heterocycles. The maximum atomic E-state index is 12.2. The fourth-order valence-electron chi connectivity index (χ4n) is 6.92. The van der Waals surface area contributed by atoms with E-state index in [1.807, 2.05) is 47.7 Å². The molecule has 3 nitrogen and oxygen atoms in total. The smallest absolute Gasteiger partial charge is 0.164 e. The van der Waals surface area contributed by atoms with Crippen LogP contribution in [0.1, 0.15) is 129 Å². The number of pyridine rings is 1. The van der Waals surface area contributed by atoms with Gasteiger partial charge < -0.3 is 10.1 Å². The topological polar surface area (TPSA) is 50.2 Å². The van der Waals surface area contributed by atoms with Gasteiger partial charge in [-0.15, -0.1) is 34.9 Å². The standard InChI is InChI=1S/C29H30N.C15H28O2.Ir/c1-19-15-20(2)17-24(16-19)28-27-8-6-23-18-22(21-9-12-29(3,4)13-10-21)5-7-25(23)26(27)11-14-30-28;1-7-14(5,8-2)12(16)11-13(17)15(6,9-3)10-4;/h5-8,11,14-16,18,21H,9-10,12-13H2,1-4H3;11,16H,7-10H2,1-6H3;/q-1;;/b;12-11-;.